The van der Waals surface area contributed by atoms with Gasteiger partial charge >= 0.3 is 0 Å². The predicted octanol–water partition coefficient (Wildman–Crippen LogP) is 3.28. The Hall–Kier alpha value is -0.700. The van der Waals surface area contributed by atoms with Crippen molar-refractivity contribution in [1.29, 1.82) is 0 Å². The van der Waals surface area contributed by atoms with Gasteiger partial charge in [0.1, 0.15) is 11.6 Å². The maximum Gasteiger partial charge on any atom is 0.139 e. The first-order chi connectivity index (χ1) is 10.3. The average Bonchev–Trinajstić information content (AvgIpc) is 2.76. The standard InChI is InChI=1S/C19H28O3/c1-17-8-7-15-13(14(17)3-4-16(17)21)6-10-19(22)11-12(20)5-9-18(15,19)2/h13-15,22H,3-11H2,1-2H3/t13-,14-,15+,17-,18+,19?/m0/s1. The number of aliphatic hydroxyl groups is 1. The molecule has 0 amide bonds. The van der Waals surface area contributed by atoms with Crippen molar-refractivity contribution in [2.45, 2.75) is 77.2 Å². The largest absolute Gasteiger partial charge is 0.389 e. The summed E-state index contributed by atoms with van der Waals surface area (Å²) in [7, 11) is 0. The van der Waals surface area contributed by atoms with E-state index < -0.39 is 5.60 Å². The molecular weight excluding hydrogens is 276 g/mol. The molecule has 0 saturated heterocycles. The quantitative estimate of drug-likeness (QED) is 0.747. The molecule has 1 unspecified atom stereocenters. The normalized spacial score (nSPS) is 54.6. The van der Waals surface area contributed by atoms with Crippen molar-refractivity contribution in [3.63, 3.8) is 0 Å². The van der Waals surface area contributed by atoms with Crippen LogP contribution in [0, 0.1) is 28.6 Å². The summed E-state index contributed by atoms with van der Waals surface area (Å²) in [4.78, 5) is 24.3. The Morgan fingerprint density at radius 3 is 2.50 bits per heavy atom. The van der Waals surface area contributed by atoms with E-state index in [2.05, 4.69) is 13.8 Å². The van der Waals surface area contributed by atoms with Crippen LogP contribution in [-0.2, 0) is 9.59 Å². The molecule has 0 heterocycles. The second-order valence-electron chi connectivity index (χ2n) is 9.00. The Bertz CT molecular complexity index is 541. The van der Waals surface area contributed by atoms with Gasteiger partial charge in [-0.25, -0.2) is 0 Å². The lowest BCUT2D eigenvalue weighted by Gasteiger charge is -2.62. The van der Waals surface area contributed by atoms with Gasteiger partial charge in [-0.1, -0.05) is 13.8 Å². The minimum absolute atomic E-state index is 0.0997. The number of Topliss-reactive ketones (excluding diaryl/α,β-unsaturated/α-hetero) is 2. The molecule has 6 atom stereocenters. The molecule has 4 aliphatic rings. The summed E-state index contributed by atoms with van der Waals surface area (Å²) >= 11 is 0. The first-order valence-electron chi connectivity index (χ1n) is 9.08. The van der Waals surface area contributed by atoms with Gasteiger partial charge in [-0.3, -0.25) is 9.59 Å². The Labute approximate surface area is 132 Å². The summed E-state index contributed by atoms with van der Waals surface area (Å²) in [6.45, 7) is 4.42. The van der Waals surface area contributed by atoms with Crippen molar-refractivity contribution in [3.05, 3.63) is 0 Å². The molecule has 4 fully saturated rings. The van der Waals surface area contributed by atoms with E-state index in [1.807, 2.05) is 0 Å². The molecule has 0 radical (unpaired) electrons. The topological polar surface area (TPSA) is 54.4 Å². The third-order valence-corrected chi connectivity index (χ3v) is 8.33. The minimum Gasteiger partial charge on any atom is -0.389 e. The van der Waals surface area contributed by atoms with Gasteiger partial charge in [0.05, 0.1) is 5.60 Å². The van der Waals surface area contributed by atoms with Gasteiger partial charge in [-0.15, -0.1) is 0 Å². The van der Waals surface area contributed by atoms with Crippen LogP contribution in [0.2, 0.25) is 0 Å². The van der Waals surface area contributed by atoms with Crippen LogP contribution in [0.5, 0.6) is 0 Å². The second kappa shape index (κ2) is 4.43. The van der Waals surface area contributed by atoms with E-state index in [4.69, 9.17) is 0 Å². The van der Waals surface area contributed by atoms with E-state index in [9.17, 15) is 14.7 Å². The van der Waals surface area contributed by atoms with Gasteiger partial charge in [-0.05, 0) is 56.3 Å². The van der Waals surface area contributed by atoms with Crippen LogP contribution in [0.3, 0.4) is 0 Å². The monoisotopic (exact) mass is 304 g/mol. The predicted molar refractivity (Wildman–Crippen MR) is 83.2 cm³/mol. The lowest BCUT2D eigenvalue weighted by Crippen LogP contribution is -2.62. The van der Waals surface area contributed by atoms with Crippen LogP contribution < -0.4 is 0 Å². The van der Waals surface area contributed by atoms with Crippen molar-refractivity contribution in [1.82, 2.24) is 0 Å². The molecule has 3 nitrogen and oxygen atoms in total. The molecule has 0 aromatic heterocycles. The summed E-state index contributed by atoms with van der Waals surface area (Å²) < 4.78 is 0. The zero-order valence-corrected chi connectivity index (χ0v) is 13.9. The third kappa shape index (κ3) is 1.67. The van der Waals surface area contributed by atoms with Gasteiger partial charge in [0.15, 0.2) is 0 Å². The molecule has 0 aromatic rings. The maximum absolute atomic E-state index is 12.4. The maximum atomic E-state index is 12.4. The Morgan fingerprint density at radius 2 is 1.73 bits per heavy atom. The van der Waals surface area contributed by atoms with Gasteiger partial charge < -0.3 is 5.11 Å². The molecule has 4 rings (SSSR count). The van der Waals surface area contributed by atoms with Gasteiger partial charge in [-0.2, -0.15) is 0 Å². The minimum atomic E-state index is -0.792. The zero-order chi connectivity index (χ0) is 15.8. The average molecular weight is 304 g/mol. The van der Waals surface area contributed by atoms with E-state index in [1.54, 1.807) is 0 Å². The van der Waals surface area contributed by atoms with Crippen molar-refractivity contribution in [2.75, 3.05) is 0 Å². The number of carbonyl (C=O) groups excluding carboxylic acids is 2. The highest BCUT2D eigenvalue weighted by atomic mass is 16.3. The van der Waals surface area contributed by atoms with Gasteiger partial charge in [0.2, 0.25) is 0 Å². The van der Waals surface area contributed by atoms with Crippen molar-refractivity contribution in [3.8, 4) is 0 Å². The van der Waals surface area contributed by atoms with Crippen LogP contribution in [0.1, 0.15) is 71.6 Å². The molecule has 4 aliphatic carbocycles. The number of hydrogen-bond acceptors (Lipinski definition) is 3. The molecule has 3 heteroatoms. The molecule has 4 saturated carbocycles. The highest BCUT2D eigenvalue weighted by Crippen LogP contribution is 2.66. The van der Waals surface area contributed by atoms with E-state index >= 15 is 0 Å². The van der Waals surface area contributed by atoms with Gasteiger partial charge in [0.25, 0.3) is 0 Å². The second-order valence-corrected chi connectivity index (χ2v) is 9.00. The summed E-state index contributed by atoms with van der Waals surface area (Å²) in [5.74, 6) is 2.28. The van der Waals surface area contributed by atoms with Crippen LogP contribution in [0.15, 0.2) is 0 Å². The highest BCUT2D eigenvalue weighted by molar-refractivity contribution is 5.87. The molecule has 0 aliphatic heterocycles. The van der Waals surface area contributed by atoms with Crippen molar-refractivity contribution >= 4 is 11.6 Å². The molecule has 22 heavy (non-hydrogen) atoms. The van der Waals surface area contributed by atoms with E-state index in [-0.39, 0.29) is 16.6 Å². The van der Waals surface area contributed by atoms with E-state index in [0.29, 0.717) is 36.4 Å². The van der Waals surface area contributed by atoms with E-state index in [1.165, 1.54) is 0 Å². The first kappa shape index (κ1) is 14.9. The SMILES string of the molecule is C[C@]12CC[C@@H]3[C@@H](CCC4(O)CC(=O)CC[C@]34C)[C@@H]1CCC2=O. The molecule has 0 spiro atoms. The number of fused-ring (bicyclic) bond motifs is 5. The Kier molecular flexibility index (Phi) is 3.00. The summed E-state index contributed by atoms with van der Waals surface area (Å²) in [6.07, 6.45) is 7.40. The van der Waals surface area contributed by atoms with Crippen molar-refractivity contribution < 1.29 is 14.7 Å². The van der Waals surface area contributed by atoms with Crippen LogP contribution in [0.4, 0.5) is 0 Å². The number of hydrogen-bond donors (Lipinski definition) is 1. The summed E-state index contributed by atoms with van der Waals surface area (Å²) in [5.41, 5.74) is -1.02. The van der Waals surface area contributed by atoms with E-state index in [0.717, 1.165) is 44.9 Å². The number of rotatable bonds is 0. The fraction of sp³-hybridized carbons (Fsp3) is 0.895. The van der Waals surface area contributed by atoms with Gasteiger partial charge in [0, 0.05) is 30.1 Å². The summed E-state index contributed by atoms with van der Waals surface area (Å²) in [5, 5.41) is 11.2. The third-order valence-electron chi connectivity index (χ3n) is 8.33. The van der Waals surface area contributed by atoms with Crippen LogP contribution >= 0.6 is 0 Å². The zero-order valence-electron chi connectivity index (χ0n) is 13.9. The molecular formula is C19H28O3. The lowest BCUT2D eigenvalue weighted by atomic mass is 9.44. The fourth-order valence-electron chi connectivity index (χ4n) is 6.81. The van der Waals surface area contributed by atoms with Crippen LogP contribution in [0.25, 0.3) is 0 Å². The number of carbonyl (C=O) groups is 2. The molecule has 0 bridgehead atoms. The smallest absolute Gasteiger partial charge is 0.139 e. The number of ketones is 2. The fourth-order valence-corrected chi connectivity index (χ4v) is 6.81. The Balaban J connectivity index is 1.69. The lowest BCUT2D eigenvalue weighted by molar-refractivity contribution is -0.201. The van der Waals surface area contributed by atoms with Crippen molar-refractivity contribution in [2.24, 2.45) is 28.6 Å². The van der Waals surface area contributed by atoms with Crippen LogP contribution in [-0.4, -0.2) is 22.3 Å². The summed E-state index contributed by atoms with van der Waals surface area (Å²) in [6, 6.07) is 0. The Morgan fingerprint density at radius 1 is 0.955 bits per heavy atom. The molecule has 0 aromatic carbocycles. The molecule has 122 valence electrons. The first-order valence-corrected chi connectivity index (χ1v) is 9.08. The highest BCUT2D eigenvalue weighted by Gasteiger charge is 2.64. The molecule has 1 N–H and O–H groups in total.